The van der Waals surface area contributed by atoms with Gasteiger partial charge in [-0.3, -0.25) is 14.8 Å². The van der Waals surface area contributed by atoms with Crippen LogP contribution in [0.4, 0.5) is 23.0 Å². The number of benzene rings is 2. The smallest absolute Gasteiger partial charge is 0.256 e. The van der Waals surface area contributed by atoms with Gasteiger partial charge in [0.15, 0.2) is 5.82 Å². The number of halogens is 1. The van der Waals surface area contributed by atoms with E-state index in [1.165, 1.54) is 0 Å². The Hall–Kier alpha value is -3.43. The van der Waals surface area contributed by atoms with E-state index in [2.05, 4.69) is 44.5 Å². The Balaban J connectivity index is 1.48. The number of aromatic hydroxyl groups is 1. The normalized spacial score (nSPS) is 14.2. The van der Waals surface area contributed by atoms with Crippen molar-refractivity contribution in [1.29, 1.82) is 0 Å². The summed E-state index contributed by atoms with van der Waals surface area (Å²) < 4.78 is 0. The van der Waals surface area contributed by atoms with Crippen molar-refractivity contribution in [2.45, 2.75) is 53.1 Å². The largest absolute Gasteiger partial charge is 0.507 e. The first-order chi connectivity index (χ1) is 18.2. The summed E-state index contributed by atoms with van der Waals surface area (Å²) in [7, 11) is 0. The van der Waals surface area contributed by atoms with Gasteiger partial charge in [0, 0.05) is 44.5 Å². The van der Waals surface area contributed by atoms with Crippen molar-refractivity contribution in [2.24, 2.45) is 5.73 Å². The Morgan fingerprint density at radius 1 is 1.13 bits per heavy atom. The Morgan fingerprint density at radius 2 is 1.79 bits per heavy atom. The van der Waals surface area contributed by atoms with Gasteiger partial charge in [0.25, 0.3) is 5.91 Å². The van der Waals surface area contributed by atoms with Crippen LogP contribution in [0.3, 0.4) is 0 Å². The van der Waals surface area contributed by atoms with Crippen LogP contribution in [0.1, 0.15) is 54.7 Å². The van der Waals surface area contributed by atoms with Crippen molar-refractivity contribution in [3.05, 3.63) is 57.6 Å². The monoisotopic (exact) mass is 539 g/mol. The number of hydrogen-bond acceptors (Lipinski definition) is 7. The standard InChI is InChI=1S/C28H38ClN7O2/c1-5-19-13-18(14-20(6-2)25(19)37)16-31-27-24(26(30)38)28(34-33-27)32-21-7-8-23(22(29)15-21)36-11-9-35(10-12-36)17(3)4/h7-8,13-15,17,37H,5-6,9-12,16H2,1-4H3,(H2,30,38)(H3,31,32,33,34). The maximum atomic E-state index is 12.4. The minimum atomic E-state index is -0.608. The molecule has 2 heterocycles. The average molecular weight is 540 g/mol. The summed E-state index contributed by atoms with van der Waals surface area (Å²) in [5, 5.41) is 24.6. The molecule has 10 heteroatoms. The molecule has 0 bridgehead atoms. The second-order valence-electron chi connectivity index (χ2n) is 9.92. The number of carbonyl (C=O) groups excluding carboxylic acids is 1. The SMILES string of the molecule is CCc1cc(CNc2[nH]nc(Nc3ccc(N4CCN(C(C)C)CC4)c(Cl)c3)c2C(N)=O)cc(CC)c1O. The van der Waals surface area contributed by atoms with Crippen LogP contribution < -0.4 is 21.3 Å². The molecule has 0 spiro atoms. The van der Waals surface area contributed by atoms with Gasteiger partial charge < -0.3 is 26.4 Å². The number of nitrogens with one attached hydrogen (secondary N) is 3. The number of nitrogens with zero attached hydrogens (tertiary/aromatic N) is 3. The molecule has 0 saturated carbocycles. The molecule has 38 heavy (non-hydrogen) atoms. The second-order valence-corrected chi connectivity index (χ2v) is 10.3. The number of phenols is 1. The average Bonchev–Trinajstić information content (AvgIpc) is 3.30. The van der Waals surface area contributed by atoms with Crippen LogP contribution in [0.25, 0.3) is 0 Å². The molecule has 1 aromatic heterocycles. The summed E-state index contributed by atoms with van der Waals surface area (Å²) in [5.41, 5.74) is 10.4. The third-order valence-electron chi connectivity index (χ3n) is 7.17. The van der Waals surface area contributed by atoms with Gasteiger partial charge in [-0.05, 0) is 61.6 Å². The molecule has 3 aromatic rings. The van der Waals surface area contributed by atoms with Crippen molar-refractivity contribution < 1.29 is 9.90 Å². The third kappa shape index (κ3) is 6.00. The fraction of sp³-hybridized carbons (Fsp3) is 0.429. The minimum absolute atomic E-state index is 0.236. The molecule has 1 fully saturated rings. The summed E-state index contributed by atoms with van der Waals surface area (Å²) in [6, 6.07) is 10.2. The van der Waals surface area contributed by atoms with Crippen LogP contribution in [-0.2, 0) is 19.4 Å². The Bertz CT molecular complexity index is 1260. The number of H-pyrrole nitrogens is 1. The van der Waals surface area contributed by atoms with E-state index < -0.39 is 5.91 Å². The lowest BCUT2D eigenvalue weighted by molar-refractivity contribution is 0.100. The van der Waals surface area contributed by atoms with Gasteiger partial charge in [-0.15, -0.1) is 0 Å². The van der Waals surface area contributed by atoms with Crippen LogP contribution in [-0.4, -0.2) is 58.3 Å². The molecule has 0 aliphatic carbocycles. The highest BCUT2D eigenvalue weighted by atomic mass is 35.5. The minimum Gasteiger partial charge on any atom is -0.507 e. The van der Waals surface area contributed by atoms with Gasteiger partial charge in [0.05, 0.1) is 10.7 Å². The van der Waals surface area contributed by atoms with Crippen molar-refractivity contribution in [3.63, 3.8) is 0 Å². The zero-order chi connectivity index (χ0) is 27.4. The van der Waals surface area contributed by atoms with Crippen LogP contribution in [0, 0.1) is 0 Å². The van der Waals surface area contributed by atoms with E-state index in [1.54, 1.807) is 0 Å². The molecule has 1 aliphatic heterocycles. The Kier molecular flexibility index (Phi) is 8.69. The number of aromatic amines is 1. The molecule has 2 aromatic carbocycles. The number of nitrogens with two attached hydrogens (primary N) is 1. The maximum absolute atomic E-state index is 12.4. The topological polar surface area (TPSA) is 123 Å². The van der Waals surface area contributed by atoms with E-state index in [1.807, 2.05) is 44.2 Å². The summed E-state index contributed by atoms with van der Waals surface area (Å²) in [6.07, 6.45) is 1.46. The van der Waals surface area contributed by atoms with Crippen molar-refractivity contribution >= 4 is 40.5 Å². The van der Waals surface area contributed by atoms with E-state index in [4.69, 9.17) is 17.3 Å². The van der Waals surface area contributed by atoms with Gasteiger partial charge >= 0.3 is 0 Å². The lowest BCUT2D eigenvalue weighted by atomic mass is 10.0. The summed E-state index contributed by atoms with van der Waals surface area (Å²) in [5.74, 6) is 0.495. The number of amides is 1. The number of rotatable bonds is 10. The molecule has 0 atom stereocenters. The zero-order valence-electron chi connectivity index (χ0n) is 22.6. The molecule has 6 N–H and O–H groups in total. The fourth-order valence-corrected chi connectivity index (χ4v) is 5.22. The predicted molar refractivity (Wildman–Crippen MR) is 155 cm³/mol. The molecule has 204 valence electrons. The number of anilines is 4. The number of carbonyl (C=O) groups is 1. The lowest BCUT2D eigenvalue weighted by Gasteiger charge is -2.38. The highest BCUT2D eigenvalue weighted by molar-refractivity contribution is 6.33. The molecule has 1 amide bonds. The highest BCUT2D eigenvalue weighted by Crippen LogP contribution is 2.32. The first-order valence-electron chi connectivity index (χ1n) is 13.2. The van der Waals surface area contributed by atoms with E-state index >= 15 is 0 Å². The molecular weight excluding hydrogens is 502 g/mol. The number of piperazine rings is 1. The van der Waals surface area contributed by atoms with Crippen LogP contribution in [0.2, 0.25) is 5.02 Å². The van der Waals surface area contributed by atoms with Gasteiger partial charge in [-0.2, -0.15) is 5.10 Å². The molecule has 0 radical (unpaired) electrons. The summed E-state index contributed by atoms with van der Waals surface area (Å²) in [6.45, 7) is 12.7. The number of hydrogen-bond donors (Lipinski definition) is 5. The third-order valence-corrected chi connectivity index (χ3v) is 7.47. The fourth-order valence-electron chi connectivity index (χ4n) is 4.92. The van der Waals surface area contributed by atoms with Crippen LogP contribution >= 0.6 is 11.6 Å². The van der Waals surface area contributed by atoms with Crippen molar-refractivity contribution in [1.82, 2.24) is 15.1 Å². The second kappa shape index (κ2) is 12.0. The highest BCUT2D eigenvalue weighted by Gasteiger charge is 2.22. The molecule has 1 saturated heterocycles. The molecular formula is C28H38ClN7O2. The van der Waals surface area contributed by atoms with E-state index in [-0.39, 0.29) is 5.56 Å². The summed E-state index contributed by atoms with van der Waals surface area (Å²) >= 11 is 6.67. The lowest BCUT2D eigenvalue weighted by Crippen LogP contribution is -2.49. The number of primary amides is 1. The first-order valence-corrected chi connectivity index (χ1v) is 13.6. The molecule has 4 rings (SSSR count). The van der Waals surface area contributed by atoms with E-state index in [0.29, 0.717) is 40.7 Å². The van der Waals surface area contributed by atoms with Gasteiger partial charge in [0.2, 0.25) is 0 Å². The zero-order valence-corrected chi connectivity index (χ0v) is 23.3. The van der Waals surface area contributed by atoms with Gasteiger partial charge in [-0.25, -0.2) is 0 Å². The van der Waals surface area contributed by atoms with Crippen molar-refractivity contribution in [3.8, 4) is 5.75 Å². The molecule has 9 nitrogen and oxygen atoms in total. The van der Waals surface area contributed by atoms with E-state index in [9.17, 15) is 9.90 Å². The number of phenolic OH excluding ortho intramolecular Hbond substituents is 1. The van der Waals surface area contributed by atoms with E-state index in [0.717, 1.165) is 61.4 Å². The number of aromatic nitrogens is 2. The van der Waals surface area contributed by atoms with Crippen molar-refractivity contribution in [2.75, 3.05) is 41.7 Å². The summed E-state index contributed by atoms with van der Waals surface area (Å²) in [4.78, 5) is 17.1. The van der Waals surface area contributed by atoms with Crippen LogP contribution in [0.15, 0.2) is 30.3 Å². The molecule has 0 unspecified atom stereocenters. The number of aryl methyl sites for hydroxylation is 2. The van der Waals surface area contributed by atoms with Crippen LogP contribution in [0.5, 0.6) is 5.75 Å². The van der Waals surface area contributed by atoms with Gasteiger partial charge in [-0.1, -0.05) is 37.6 Å². The Morgan fingerprint density at radius 3 is 2.34 bits per heavy atom. The van der Waals surface area contributed by atoms with Gasteiger partial charge in [0.1, 0.15) is 17.1 Å². The first kappa shape index (κ1) is 27.6. The molecule has 1 aliphatic rings. The predicted octanol–water partition coefficient (Wildman–Crippen LogP) is 4.88. The quantitative estimate of drug-likeness (QED) is 0.249. The maximum Gasteiger partial charge on any atom is 0.256 e. The Labute approximate surface area is 229 Å².